The van der Waals surface area contributed by atoms with E-state index in [0.717, 1.165) is 16.5 Å². The van der Waals surface area contributed by atoms with Crippen LogP contribution in [0.3, 0.4) is 0 Å². The summed E-state index contributed by atoms with van der Waals surface area (Å²) in [6.45, 7) is -0.0976. The summed E-state index contributed by atoms with van der Waals surface area (Å²) in [7, 11) is 0. The lowest BCUT2D eigenvalue weighted by atomic mass is 10.2. The van der Waals surface area contributed by atoms with E-state index < -0.39 is 35.3 Å². The summed E-state index contributed by atoms with van der Waals surface area (Å²) in [6, 6.07) is 10.4. The number of aromatic carboxylic acids is 1. The molecular formula is C17H12F3N3O4. The molecule has 140 valence electrons. The number of carbonyl (C=O) groups excluding carboxylic acids is 1. The van der Waals surface area contributed by atoms with Crippen molar-refractivity contribution in [1.82, 2.24) is 9.38 Å². The largest absolute Gasteiger partial charge is 0.476 e. The number of hydrogen-bond acceptors (Lipinski definition) is 4. The van der Waals surface area contributed by atoms with Crippen molar-refractivity contribution in [2.45, 2.75) is 12.8 Å². The van der Waals surface area contributed by atoms with E-state index >= 15 is 0 Å². The van der Waals surface area contributed by atoms with E-state index in [-0.39, 0.29) is 12.3 Å². The Hall–Kier alpha value is -3.56. The molecule has 0 aliphatic rings. The zero-order valence-corrected chi connectivity index (χ0v) is 13.5. The minimum absolute atomic E-state index is 0.0706. The predicted molar refractivity (Wildman–Crippen MR) is 87.4 cm³/mol. The summed E-state index contributed by atoms with van der Waals surface area (Å²) in [6.07, 6.45) is -5.02. The van der Waals surface area contributed by atoms with Gasteiger partial charge in [0.15, 0.2) is 11.5 Å². The second-order valence-electron chi connectivity index (χ2n) is 5.44. The monoisotopic (exact) mass is 379 g/mol. The number of imidazole rings is 1. The highest BCUT2D eigenvalue weighted by Crippen LogP contribution is 2.30. The summed E-state index contributed by atoms with van der Waals surface area (Å²) in [5, 5.41) is 11.4. The molecule has 0 saturated heterocycles. The molecule has 3 rings (SSSR count). The molecule has 2 aromatic heterocycles. The van der Waals surface area contributed by atoms with E-state index in [1.54, 1.807) is 30.3 Å². The van der Waals surface area contributed by atoms with Crippen LogP contribution in [-0.2, 0) is 17.5 Å². The fourth-order valence-electron chi connectivity index (χ4n) is 2.34. The number of hydrogen-bond donors (Lipinski definition) is 2. The molecule has 0 aliphatic heterocycles. The summed E-state index contributed by atoms with van der Waals surface area (Å²) in [5.74, 6) is -1.94. The fraction of sp³-hybridized carbons (Fsp3) is 0.118. The minimum Gasteiger partial charge on any atom is -0.476 e. The Balaban J connectivity index is 1.90. The highest BCUT2D eigenvalue weighted by atomic mass is 19.4. The summed E-state index contributed by atoms with van der Waals surface area (Å²) >= 11 is 0. The molecule has 0 bridgehead atoms. The highest BCUT2D eigenvalue weighted by molar-refractivity contribution is 5.97. The van der Waals surface area contributed by atoms with Gasteiger partial charge in [-0.15, -0.1) is 0 Å². The number of halogens is 3. The molecule has 0 saturated carbocycles. The molecule has 0 spiro atoms. The van der Waals surface area contributed by atoms with Gasteiger partial charge in [0, 0.05) is 6.20 Å². The van der Waals surface area contributed by atoms with Crippen molar-refractivity contribution >= 4 is 23.5 Å². The summed E-state index contributed by atoms with van der Waals surface area (Å²) < 4.78 is 44.6. The maximum atomic E-state index is 12.9. The standard InChI is InChI=1S/C17H12F3N3O4/c18-17(19,20)11-6-7-12-21-13(15(24)25)14(23(12)8-11)22-16(26)27-9-10-4-2-1-3-5-10/h1-8H,9H2,(H,22,26)(H,24,25). The zero-order chi connectivity index (χ0) is 19.6. The number of anilines is 1. The lowest BCUT2D eigenvalue weighted by Gasteiger charge is -2.10. The maximum absolute atomic E-state index is 12.9. The third-order valence-corrected chi connectivity index (χ3v) is 3.58. The quantitative estimate of drug-likeness (QED) is 0.719. The van der Waals surface area contributed by atoms with Gasteiger partial charge < -0.3 is 9.84 Å². The number of nitrogens with zero attached hydrogens (tertiary/aromatic N) is 2. The SMILES string of the molecule is O=C(Nc1c(C(=O)O)nc2ccc(C(F)(F)F)cn12)OCc1ccccc1. The molecule has 7 nitrogen and oxygen atoms in total. The number of rotatable bonds is 4. The number of nitrogens with one attached hydrogen (secondary N) is 1. The maximum Gasteiger partial charge on any atom is 0.417 e. The van der Waals surface area contributed by atoms with E-state index in [0.29, 0.717) is 11.8 Å². The van der Waals surface area contributed by atoms with E-state index in [1.165, 1.54) is 0 Å². The van der Waals surface area contributed by atoms with Crippen LogP contribution in [-0.4, -0.2) is 26.6 Å². The number of carboxylic acids is 1. The third kappa shape index (κ3) is 4.00. The van der Waals surface area contributed by atoms with Crippen LogP contribution in [0.5, 0.6) is 0 Å². The molecular weight excluding hydrogens is 367 g/mol. The lowest BCUT2D eigenvalue weighted by Crippen LogP contribution is -2.17. The average Bonchev–Trinajstić information content (AvgIpc) is 2.98. The Morgan fingerprint density at radius 3 is 2.48 bits per heavy atom. The molecule has 1 aromatic carbocycles. The van der Waals surface area contributed by atoms with Gasteiger partial charge in [-0.05, 0) is 17.7 Å². The Bertz CT molecular complexity index is 1000. The number of alkyl halides is 3. The number of carboxylic acid groups (broad SMARTS) is 1. The van der Waals surface area contributed by atoms with Crippen molar-refractivity contribution in [2.24, 2.45) is 0 Å². The first kappa shape index (κ1) is 18.2. The number of pyridine rings is 1. The topological polar surface area (TPSA) is 92.9 Å². The molecule has 0 fully saturated rings. The number of amides is 1. The number of carbonyl (C=O) groups is 2. The van der Waals surface area contributed by atoms with Gasteiger partial charge >= 0.3 is 18.2 Å². The number of benzene rings is 1. The van der Waals surface area contributed by atoms with Crippen LogP contribution in [0.25, 0.3) is 5.65 Å². The van der Waals surface area contributed by atoms with Crippen molar-refractivity contribution in [3.63, 3.8) is 0 Å². The smallest absolute Gasteiger partial charge is 0.417 e. The zero-order valence-electron chi connectivity index (χ0n) is 13.5. The Kier molecular flexibility index (Phi) is 4.72. The summed E-state index contributed by atoms with van der Waals surface area (Å²) in [4.78, 5) is 27.1. The van der Waals surface area contributed by atoms with Gasteiger partial charge in [0.25, 0.3) is 0 Å². The molecule has 0 radical (unpaired) electrons. The third-order valence-electron chi connectivity index (χ3n) is 3.58. The number of fused-ring (bicyclic) bond motifs is 1. The van der Waals surface area contributed by atoms with Crippen molar-refractivity contribution in [2.75, 3.05) is 5.32 Å². The lowest BCUT2D eigenvalue weighted by molar-refractivity contribution is -0.137. The highest BCUT2D eigenvalue weighted by Gasteiger charge is 2.32. The van der Waals surface area contributed by atoms with Crippen LogP contribution >= 0.6 is 0 Å². The molecule has 0 aliphatic carbocycles. The fourth-order valence-corrected chi connectivity index (χ4v) is 2.34. The van der Waals surface area contributed by atoms with Crippen LogP contribution in [0.4, 0.5) is 23.8 Å². The normalized spacial score (nSPS) is 11.4. The van der Waals surface area contributed by atoms with Gasteiger partial charge in [-0.2, -0.15) is 13.2 Å². The van der Waals surface area contributed by atoms with E-state index in [1.807, 2.05) is 0 Å². The Labute approximate surface area is 150 Å². The molecule has 10 heteroatoms. The van der Waals surface area contributed by atoms with Gasteiger partial charge in [0.2, 0.25) is 0 Å². The minimum atomic E-state index is -4.65. The first-order valence-corrected chi connectivity index (χ1v) is 7.56. The van der Waals surface area contributed by atoms with Crippen LogP contribution in [0.1, 0.15) is 21.6 Å². The van der Waals surface area contributed by atoms with Crippen molar-refractivity contribution < 1.29 is 32.6 Å². The Morgan fingerprint density at radius 2 is 1.85 bits per heavy atom. The van der Waals surface area contributed by atoms with Gasteiger partial charge in [0.1, 0.15) is 12.3 Å². The van der Waals surface area contributed by atoms with Gasteiger partial charge in [-0.3, -0.25) is 9.72 Å². The second-order valence-corrected chi connectivity index (χ2v) is 5.44. The van der Waals surface area contributed by atoms with Gasteiger partial charge in [0.05, 0.1) is 5.56 Å². The van der Waals surface area contributed by atoms with Crippen molar-refractivity contribution in [3.05, 3.63) is 65.5 Å². The van der Waals surface area contributed by atoms with Crippen LogP contribution in [0, 0.1) is 0 Å². The van der Waals surface area contributed by atoms with Gasteiger partial charge in [-0.1, -0.05) is 30.3 Å². The molecule has 3 aromatic rings. The first-order valence-electron chi connectivity index (χ1n) is 7.56. The molecule has 0 atom stereocenters. The second kappa shape index (κ2) is 6.98. The molecule has 1 amide bonds. The summed E-state index contributed by atoms with van der Waals surface area (Å²) in [5.41, 5.74) is -1.02. The van der Waals surface area contributed by atoms with E-state index in [2.05, 4.69) is 10.3 Å². The van der Waals surface area contributed by atoms with Crippen molar-refractivity contribution in [3.8, 4) is 0 Å². The van der Waals surface area contributed by atoms with E-state index in [9.17, 15) is 27.9 Å². The molecule has 0 unspecified atom stereocenters. The first-order chi connectivity index (χ1) is 12.8. The molecule has 2 heterocycles. The van der Waals surface area contributed by atoms with E-state index in [4.69, 9.17) is 4.74 Å². The number of ether oxygens (including phenoxy) is 1. The average molecular weight is 379 g/mol. The van der Waals surface area contributed by atoms with Crippen LogP contribution < -0.4 is 5.32 Å². The van der Waals surface area contributed by atoms with Gasteiger partial charge in [-0.25, -0.2) is 14.6 Å². The number of aromatic nitrogens is 2. The van der Waals surface area contributed by atoms with Crippen molar-refractivity contribution in [1.29, 1.82) is 0 Å². The molecule has 27 heavy (non-hydrogen) atoms. The predicted octanol–water partition coefficient (Wildman–Crippen LogP) is 3.80. The van der Waals surface area contributed by atoms with Crippen LogP contribution in [0.15, 0.2) is 48.7 Å². The Morgan fingerprint density at radius 1 is 1.15 bits per heavy atom. The van der Waals surface area contributed by atoms with Crippen LogP contribution in [0.2, 0.25) is 0 Å². The molecule has 2 N–H and O–H groups in total.